The van der Waals surface area contributed by atoms with Gasteiger partial charge in [-0.25, -0.2) is 4.79 Å². The van der Waals surface area contributed by atoms with Gasteiger partial charge in [0.15, 0.2) is 0 Å². The Labute approximate surface area is 146 Å². The first-order valence-corrected chi connectivity index (χ1v) is 9.20. The molecule has 1 amide bonds. The van der Waals surface area contributed by atoms with Crippen molar-refractivity contribution in [2.45, 2.75) is 45.3 Å². The lowest BCUT2D eigenvalue weighted by atomic mass is 10.1. The largest absolute Gasteiger partial charge is 0.465 e. The van der Waals surface area contributed by atoms with Crippen LogP contribution in [-0.2, 0) is 27.1 Å². The monoisotopic (exact) mass is 352 g/mol. The average Bonchev–Trinajstić information content (AvgIpc) is 3.05. The number of esters is 1. The van der Waals surface area contributed by atoms with Crippen LogP contribution in [-0.4, -0.2) is 55.7 Å². The van der Waals surface area contributed by atoms with E-state index < -0.39 is 0 Å². The Morgan fingerprint density at radius 3 is 2.67 bits per heavy atom. The maximum Gasteiger partial charge on any atom is 0.341 e. The van der Waals surface area contributed by atoms with E-state index in [1.165, 1.54) is 23.3 Å². The predicted molar refractivity (Wildman–Crippen MR) is 92.8 cm³/mol. The quantitative estimate of drug-likeness (QED) is 0.840. The number of carbonyl (C=O) groups is 2. The molecule has 0 aromatic carbocycles. The molecular formula is C17H24N2O4S. The van der Waals surface area contributed by atoms with Crippen molar-refractivity contribution in [3.8, 4) is 0 Å². The lowest BCUT2D eigenvalue weighted by Gasteiger charge is -2.34. The van der Waals surface area contributed by atoms with Crippen LogP contribution >= 0.6 is 11.3 Å². The highest BCUT2D eigenvalue weighted by atomic mass is 32.1. The van der Waals surface area contributed by atoms with Gasteiger partial charge < -0.3 is 14.8 Å². The number of fused-ring (bicyclic) bond motifs is 1. The molecule has 2 aliphatic rings. The van der Waals surface area contributed by atoms with Crippen LogP contribution in [0.5, 0.6) is 0 Å². The zero-order chi connectivity index (χ0) is 17.3. The van der Waals surface area contributed by atoms with Gasteiger partial charge in [0.25, 0.3) is 0 Å². The van der Waals surface area contributed by atoms with E-state index in [2.05, 4.69) is 10.2 Å². The van der Waals surface area contributed by atoms with Gasteiger partial charge in [-0.2, -0.15) is 0 Å². The molecule has 1 fully saturated rings. The minimum absolute atomic E-state index is 0.0959. The third kappa shape index (κ3) is 3.63. The molecule has 0 spiro atoms. The molecule has 2 heterocycles. The Morgan fingerprint density at radius 2 is 2.00 bits per heavy atom. The number of hydrogen-bond donors (Lipinski definition) is 1. The third-order valence-corrected chi connectivity index (χ3v) is 5.63. The molecule has 2 atom stereocenters. The molecule has 24 heavy (non-hydrogen) atoms. The molecule has 1 aromatic rings. The van der Waals surface area contributed by atoms with Crippen LogP contribution in [0.1, 0.15) is 41.1 Å². The fourth-order valence-corrected chi connectivity index (χ4v) is 4.89. The van der Waals surface area contributed by atoms with Gasteiger partial charge in [-0.15, -0.1) is 11.3 Å². The topological polar surface area (TPSA) is 67.9 Å². The first kappa shape index (κ1) is 17.4. The normalized spacial score (nSPS) is 23.8. The second-order valence-corrected chi connectivity index (χ2v) is 7.66. The fourth-order valence-electron chi connectivity index (χ4n) is 3.59. The number of methoxy groups -OCH3 is 1. The number of aryl methyl sites for hydroxylation is 1. The summed E-state index contributed by atoms with van der Waals surface area (Å²) in [6, 6.07) is 0. The molecule has 0 unspecified atom stereocenters. The zero-order valence-electron chi connectivity index (χ0n) is 14.4. The smallest absolute Gasteiger partial charge is 0.341 e. The summed E-state index contributed by atoms with van der Waals surface area (Å²) in [5.41, 5.74) is 1.60. The van der Waals surface area contributed by atoms with Gasteiger partial charge in [0, 0.05) is 18.0 Å². The minimum Gasteiger partial charge on any atom is -0.465 e. The standard InChI is InChI=1S/C17H24N2O4S/c1-10-7-19(8-11(2)23-10)9-14(20)18-16-15(17(21)22-3)12-5-4-6-13(12)24-16/h10-11H,4-9H2,1-3H3,(H,18,20)/t10-,11+. The lowest BCUT2D eigenvalue weighted by molar-refractivity contribution is -0.121. The van der Waals surface area contributed by atoms with E-state index >= 15 is 0 Å². The predicted octanol–water partition coefficient (Wildman–Crippen LogP) is 2.07. The van der Waals surface area contributed by atoms with Gasteiger partial charge in [-0.3, -0.25) is 9.69 Å². The van der Waals surface area contributed by atoms with Gasteiger partial charge in [0.1, 0.15) is 5.00 Å². The summed E-state index contributed by atoms with van der Waals surface area (Å²) in [4.78, 5) is 27.8. The second kappa shape index (κ2) is 7.21. The first-order valence-electron chi connectivity index (χ1n) is 8.38. The van der Waals surface area contributed by atoms with Crippen LogP contribution < -0.4 is 5.32 Å². The molecule has 0 radical (unpaired) electrons. The molecule has 3 rings (SSSR count). The molecule has 1 aliphatic heterocycles. The van der Waals surface area contributed by atoms with E-state index in [4.69, 9.17) is 9.47 Å². The third-order valence-electron chi connectivity index (χ3n) is 4.43. The number of rotatable bonds is 4. The van der Waals surface area contributed by atoms with E-state index in [9.17, 15) is 9.59 Å². The molecule has 132 valence electrons. The number of carbonyl (C=O) groups excluding carboxylic acids is 2. The van der Waals surface area contributed by atoms with Crippen molar-refractivity contribution >= 4 is 28.2 Å². The summed E-state index contributed by atoms with van der Waals surface area (Å²) in [7, 11) is 1.38. The van der Waals surface area contributed by atoms with Gasteiger partial charge in [0.05, 0.1) is 31.4 Å². The van der Waals surface area contributed by atoms with Crippen LogP contribution in [0.2, 0.25) is 0 Å². The van der Waals surface area contributed by atoms with E-state index in [1.807, 2.05) is 13.8 Å². The molecular weight excluding hydrogens is 328 g/mol. The highest BCUT2D eigenvalue weighted by molar-refractivity contribution is 7.17. The van der Waals surface area contributed by atoms with Crippen molar-refractivity contribution < 1.29 is 19.1 Å². The molecule has 7 heteroatoms. The van der Waals surface area contributed by atoms with Crippen LogP contribution in [0.3, 0.4) is 0 Å². The van der Waals surface area contributed by atoms with Crippen molar-refractivity contribution in [3.05, 3.63) is 16.0 Å². The van der Waals surface area contributed by atoms with E-state index in [0.717, 1.165) is 37.9 Å². The highest BCUT2D eigenvalue weighted by Crippen LogP contribution is 2.39. The van der Waals surface area contributed by atoms with Crippen LogP contribution in [0.25, 0.3) is 0 Å². The Bertz CT molecular complexity index is 633. The Morgan fingerprint density at radius 1 is 1.29 bits per heavy atom. The Balaban J connectivity index is 1.69. The van der Waals surface area contributed by atoms with E-state index in [-0.39, 0.29) is 24.1 Å². The van der Waals surface area contributed by atoms with Gasteiger partial charge in [0.2, 0.25) is 5.91 Å². The minimum atomic E-state index is -0.363. The van der Waals surface area contributed by atoms with E-state index in [0.29, 0.717) is 17.1 Å². The number of amides is 1. The summed E-state index contributed by atoms with van der Waals surface area (Å²) >= 11 is 1.51. The van der Waals surface area contributed by atoms with Crippen molar-refractivity contribution in [2.24, 2.45) is 0 Å². The van der Waals surface area contributed by atoms with Crippen LogP contribution in [0, 0.1) is 0 Å². The van der Waals surface area contributed by atoms with Gasteiger partial charge in [-0.05, 0) is 38.7 Å². The maximum atomic E-state index is 12.4. The number of nitrogens with zero attached hydrogens (tertiary/aromatic N) is 1. The summed E-state index contributed by atoms with van der Waals surface area (Å²) in [6.07, 6.45) is 3.15. The van der Waals surface area contributed by atoms with E-state index in [1.54, 1.807) is 0 Å². The van der Waals surface area contributed by atoms with Gasteiger partial charge in [-0.1, -0.05) is 0 Å². The Hall–Kier alpha value is -1.44. The van der Waals surface area contributed by atoms with Crippen molar-refractivity contribution in [1.29, 1.82) is 0 Å². The average molecular weight is 352 g/mol. The van der Waals surface area contributed by atoms with Crippen LogP contribution in [0.15, 0.2) is 0 Å². The number of morpholine rings is 1. The summed E-state index contributed by atoms with van der Waals surface area (Å²) < 4.78 is 10.6. The van der Waals surface area contributed by atoms with Crippen molar-refractivity contribution in [2.75, 3.05) is 32.1 Å². The number of anilines is 1. The lowest BCUT2D eigenvalue weighted by Crippen LogP contribution is -2.48. The fraction of sp³-hybridized carbons (Fsp3) is 0.647. The maximum absolute atomic E-state index is 12.4. The van der Waals surface area contributed by atoms with Crippen molar-refractivity contribution in [1.82, 2.24) is 4.90 Å². The van der Waals surface area contributed by atoms with Crippen LogP contribution in [0.4, 0.5) is 5.00 Å². The molecule has 6 nitrogen and oxygen atoms in total. The summed E-state index contributed by atoms with van der Waals surface area (Å²) in [5, 5.41) is 3.56. The zero-order valence-corrected chi connectivity index (χ0v) is 15.2. The SMILES string of the molecule is COC(=O)c1c(NC(=O)CN2C[C@@H](C)O[C@@H](C)C2)sc2c1CCC2. The highest BCUT2D eigenvalue weighted by Gasteiger charge is 2.29. The van der Waals surface area contributed by atoms with Crippen molar-refractivity contribution in [3.63, 3.8) is 0 Å². The molecule has 0 saturated carbocycles. The molecule has 1 saturated heterocycles. The number of thiophene rings is 1. The molecule has 1 aromatic heterocycles. The van der Waals surface area contributed by atoms with Gasteiger partial charge >= 0.3 is 5.97 Å². The number of nitrogens with one attached hydrogen (secondary N) is 1. The first-order chi connectivity index (χ1) is 11.5. The molecule has 1 aliphatic carbocycles. The second-order valence-electron chi connectivity index (χ2n) is 6.55. The summed E-state index contributed by atoms with van der Waals surface area (Å²) in [6.45, 7) is 5.81. The molecule has 0 bridgehead atoms. The molecule has 1 N–H and O–H groups in total. The Kier molecular flexibility index (Phi) is 5.22. The number of ether oxygens (including phenoxy) is 2. The number of hydrogen-bond acceptors (Lipinski definition) is 6. The summed E-state index contributed by atoms with van der Waals surface area (Å²) in [5.74, 6) is -0.459.